The van der Waals surface area contributed by atoms with E-state index in [0.717, 1.165) is 51.4 Å². The molecule has 1 aliphatic rings. The molecule has 1 aliphatic carbocycles. The molecular weight excluding hydrogens is 340 g/mol. The van der Waals surface area contributed by atoms with Crippen molar-refractivity contribution in [2.75, 3.05) is 0 Å². The van der Waals surface area contributed by atoms with Gasteiger partial charge in [-0.25, -0.2) is 9.78 Å². The first-order valence-corrected chi connectivity index (χ1v) is 11.4. The van der Waals surface area contributed by atoms with Crippen molar-refractivity contribution in [3.8, 4) is 0 Å². The van der Waals surface area contributed by atoms with Crippen molar-refractivity contribution in [3.63, 3.8) is 0 Å². The zero-order valence-corrected chi connectivity index (χ0v) is 19.6. The molecule has 1 rings (SSSR count). The van der Waals surface area contributed by atoms with Gasteiger partial charge >= 0.3 is 0 Å². The quantitative estimate of drug-likeness (QED) is 0.199. The summed E-state index contributed by atoms with van der Waals surface area (Å²) in [6.45, 7) is 19.6. The lowest BCUT2D eigenvalue weighted by Crippen LogP contribution is -2.58. The molecule has 0 aliphatic heterocycles. The summed E-state index contributed by atoms with van der Waals surface area (Å²) in [4.78, 5) is 25.0. The van der Waals surface area contributed by atoms with Crippen LogP contribution in [0.4, 0.5) is 0 Å². The van der Waals surface area contributed by atoms with E-state index in [-0.39, 0.29) is 22.5 Å². The molecule has 0 radical (unpaired) electrons. The third kappa shape index (κ3) is 5.07. The Morgan fingerprint density at radius 3 is 1.41 bits per heavy atom. The van der Waals surface area contributed by atoms with Crippen molar-refractivity contribution in [2.45, 2.75) is 137 Å². The number of hydrogen-bond donors (Lipinski definition) is 0. The van der Waals surface area contributed by atoms with Gasteiger partial charge in [-0.1, -0.05) is 68.7 Å². The Morgan fingerprint density at radius 1 is 0.741 bits per heavy atom. The molecule has 0 aromatic carbocycles. The minimum Gasteiger partial charge on any atom is -0.227 e. The van der Waals surface area contributed by atoms with Crippen LogP contribution in [-0.2, 0) is 19.6 Å². The first kappa shape index (κ1) is 24.9. The lowest BCUT2D eigenvalue weighted by molar-refractivity contribution is -0.581. The molecular formula is C23H46O4. The molecule has 0 spiro atoms. The normalized spacial score (nSPS) is 22.8. The summed E-state index contributed by atoms with van der Waals surface area (Å²) in [5.74, 6) is -0.714. The van der Waals surface area contributed by atoms with Crippen LogP contribution in [0.25, 0.3) is 0 Å². The van der Waals surface area contributed by atoms with Crippen molar-refractivity contribution in [3.05, 3.63) is 0 Å². The molecule has 162 valence electrons. The second kappa shape index (κ2) is 10.0. The van der Waals surface area contributed by atoms with Crippen LogP contribution in [-0.4, -0.2) is 17.0 Å². The summed E-state index contributed by atoms with van der Waals surface area (Å²) >= 11 is 0. The van der Waals surface area contributed by atoms with E-state index in [1.54, 1.807) is 0 Å². The molecule has 0 aromatic rings. The Labute approximate surface area is 168 Å². The van der Waals surface area contributed by atoms with Crippen LogP contribution in [0.3, 0.4) is 0 Å². The van der Waals surface area contributed by atoms with Crippen molar-refractivity contribution in [1.82, 2.24) is 0 Å². The number of hydrogen-bond acceptors (Lipinski definition) is 4. The van der Waals surface area contributed by atoms with Gasteiger partial charge < -0.3 is 0 Å². The van der Waals surface area contributed by atoms with Gasteiger partial charge in [0, 0.05) is 11.3 Å². The zero-order chi connectivity index (χ0) is 20.8. The first-order valence-electron chi connectivity index (χ1n) is 11.4. The number of rotatable bonds is 12. The second-order valence-electron chi connectivity index (χ2n) is 9.17. The summed E-state index contributed by atoms with van der Waals surface area (Å²) in [7, 11) is 0. The molecule has 1 saturated carbocycles. The standard InChI is InChI=1S/C23H46O4/c1-10-21(11-2,12-3)24-26-23(19(7)17-16-18-20(23,8)9)27-25-22(13-4,14-5)15-6/h19H,10-18H2,1-9H3. The van der Waals surface area contributed by atoms with Crippen LogP contribution in [0.15, 0.2) is 0 Å². The van der Waals surface area contributed by atoms with Crippen LogP contribution in [0, 0.1) is 11.3 Å². The topological polar surface area (TPSA) is 36.9 Å². The van der Waals surface area contributed by atoms with E-state index in [2.05, 4.69) is 62.3 Å². The van der Waals surface area contributed by atoms with Gasteiger partial charge in [0.25, 0.3) is 0 Å². The Morgan fingerprint density at radius 2 is 1.11 bits per heavy atom. The van der Waals surface area contributed by atoms with Crippen LogP contribution >= 0.6 is 0 Å². The highest BCUT2D eigenvalue weighted by Crippen LogP contribution is 2.52. The van der Waals surface area contributed by atoms with E-state index in [1.807, 2.05) is 0 Å². The SMILES string of the molecule is CCC(CC)(CC)OOC1(OOC(CC)(CC)CC)C(C)CCCC1(C)C. The highest BCUT2D eigenvalue weighted by atomic mass is 17.3. The van der Waals surface area contributed by atoms with E-state index < -0.39 is 5.79 Å². The molecule has 1 unspecified atom stereocenters. The fraction of sp³-hybridized carbons (Fsp3) is 1.00. The smallest absolute Gasteiger partial charge is 0.227 e. The van der Waals surface area contributed by atoms with E-state index in [9.17, 15) is 0 Å². The van der Waals surface area contributed by atoms with Crippen LogP contribution in [0.5, 0.6) is 0 Å². The minimum atomic E-state index is -0.902. The lowest BCUT2D eigenvalue weighted by atomic mass is 9.67. The molecule has 0 N–H and O–H groups in total. The zero-order valence-electron chi connectivity index (χ0n) is 19.6. The van der Waals surface area contributed by atoms with Crippen molar-refractivity contribution in [1.29, 1.82) is 0 Å². The fourth-order valence-electron chi connectivity index (χ4n) is 4.44. The maximum Gasteiger partial charge on any atom is 0.241 e. The van der Waals surface area contributed by atoms with Gasteiger partial charge in [-0.05, 0) is 51.4 Å². The third-order valence-electron chi connectivity index (χ3n) is 7.58. The van der Waals surface area contributed by atoms with Crippen molar-refractivity contribution < 1.29 is 19.6 Å². The van der Waals surface area contributed by atoms with E-state index in [4.69, 9.17) is 19.6 Å². The fourth-order valence-corrected chi connectivity index (χ4v) is 4.44. The highest BCUT2D eigenvalue weighted by molar-refractivity contribution is 4.94. The average Bonchev–Trinajstić information content (AvgIpc) is 2.67. The lowest BCUT2D eigenvalue weighted by Gasteiger charge is -2.52. The van der Waals surface area contributed by atoms with Crippen molar-refractivity contribution in [2.24, 2.45) is 11.3 Å². The van der Waals surface area contributed by atoms with E-state index >= 15 is 0 Å². The second-order valence-corrected chi connectivity index (χ2v) is 9.17. The molecule has 1 atom stereocenters. The van der Waals surface area contributed by atoms with Gasteiger partial charge in [0.2, 0.25) is 5.79 Å². The maximum absolute atomic E-state index is 6.32. The van der Waals surface area contributed by atoms with Gasteiger partial charge in [-0.15, -0.1) is 0 Å². The summed E-state index contributed by atoms with van der Waals surface area (Å²) in [6.07, 6.45) is 8.71. The van der Waals surface area contributed by atoms with Gasteiger partial charge in [-0.2, -0.15) is 9.78 Å². The molecule has 0 saturated heterocycles. The Balaban J connectivity index is 3.17. The molecule has 0 amide bonds. The predicted octanol–water partition coefficient (Wildman–Crippen LogP) is 7.36. The van der Waals surface area contributed by atoms with Crippen molar-refractivity contribution >= 4 is 0 Å². The van der Waals surface area contributed by atoms with E-state index in [0.29, 0.717) is 0 Å². The van der Waals surface area contributed by atoms with Crippen LogP contribution in [0.2, 0.25) is 0 Å². The average molecular weight is 387 g/mol. The molecule has 0 bridgehead atoms. The third-order valence-corrected chi connectivity index (χ3v) is 7.58. The summed E-state index contributed by atoms with van der Waals surface area (Å²) < 4.78 is 0. The molecule has 0 heterocycles. The molecule has 27 heavy (non-hydrogen) atoms. The molecule has 4 nitrogen and oxygen atoms in total. The molecule has 4 heteroatoms. The summed E-state index contributed by atoms with van der Waals surface area (Å²) in [5, 5.41) is 0. The van der Waals surface area contributed by atoms with E-state index in [1.165, 1.54) is 6.42 Å². The Bertz CT molecular complexity index is 384. The van der Waals surface area contributed by atoms with Gasteiger partial charge in [0.1, 0.15) is 11.2 Å². The molecule has 0 aromatic heterocycles. The summed E-state index contributed by atoms with van der Waals surface area (Å²) in [6, 6.07) is 0. The first-order chi connectivity index (χ1) is 12.7. The largest absolute Gasteiger partial charge is 0.241 e. The van der Waals surface area contributed by atoms with Crippen LogP contribution in [0.1, 0.15) is 120 Å². The van der Waals surface area contributed by atoms with Crippen LogP contribution < -0.4 is 0 Å². The van der Waals surface area contributed by atoms with Gasteiger partial charge in [0.05, 0.1) is 0 Å². The molecule has 1 fully saturated rings. The Kier molecular flexibility index (Phi) is 9.26. The minimum absolute atomic E-state index is 0.188. The monoisotopic (exact) mass is 386 g/mol. The highest BCUT2D eigenvalue weighted by Gasteiger charge is 2.57. The maximum atomic E-state index is 6.32. The summed E-state index contributed by atoms with van der Waals surface area (Å²) in [5.41, 5.74) is -0.755. The van der Waals surface area contributed by atoms with Gasteiger partial charge in [0.15, 0.2) is 0 Å². The Hall–Kier alpha value is -0.160. The van der Waals surface area contributed by atoms with Gasteiger partial charge in [-0.3, -0.25) is 0 Å². The predicted molar refractivity (Wildman–Crippen MR) is 111 cm³/mol.